The Morgan fingerprint density at radius 2 is 1.21 bits per heavy atom. The smallest absolute Gasteiger partial charge is 0.159 e. The van der Waals surface area contributed by atoms with E-state index >= 15 is 0 Å². The highest BCUT2D eigenvalue weighted by Gasteiger charge is 2.21. The second-order valence-electron chi connectivity index (χ2n) is 13.2. The molecule has 1 saturated carbocycles. The Labute approximate surface area is 277 Å². The van der Waals surface area contributed by atoms with E-state index in [1.54, 1.807) is 0 Å². The third kappa shape index (κ3) is 4.37. The number of hydrogen-bond donors (Lipinski definition) is 0. The zero-order valence-electron chi connectivity index (χ0n) is 26.1. The summed E-state index contributed by atoms with van der Waals surface area (Å²) in [6, 6.07) is 49.3. The molecule has 0 aliphatic heterocycles. The first-order valence-corrected chi connectivity index (χ1v) is 17.7. The maximum Gasteiger partial charge on any atom is 0.159 e. The molecule has 0 unspecified atom stereocenters. The Morgan fingerprint density at radius 3 is 2.11 bits per heavy atom. The normalized spacial score (nSPS) is 14.3. The fourth-order valence-electron chi connectivity index (χ4n) is 8.09. The van der Waals surface area contributed by atoms with Crippen molar-refractivity contribution in [3.8, 4) is 0 Å². The van der Waals surface area contributed by atoms with Crippen LogP contribution >= 0.6 is 11.3 Å². The van der Waals surface area contributed by atoms with Crippen molar-refractivity contribution in [3.05, 3.63) is 139 Å². The lowest BCUT2D eigenvalue weighted by atomic mass is 9.83. The molecule has 2 heterocycles. The number of fused-ring (bicyclic) bond motifs is 9. The van der Waals surface area contributed by atoms with Crippen LogP contribution in [0.1, 0.15) is 43.6 Å². The number of rotatable bonds is 4. The maximum atomic E-state index is 6.62. The molecule has 47 heavy (non-hydrogen) atoms. The number of furan rings is 1. The minimum atomic E-state index is 0.707. The van der Waals surface area contributed by atoms with Crippen molar-refractivity contribution in [2.75, 3.05) is 4.90 Å². The summed E-state index contributed by atoms with van der Waals surface area (Å²) in [5, 5.41) is 10.1. The second kappa shape index (κ2) is 10.7. The maximum absolute atomic E-state index is 6.62. The van der Waals surface area contributed by atoms with Crippen molar-refractivity contribution in [2.24, 2.45) is 0 Å². The Kier molecular flexibility index (Phi) is 6.17. The van der Waals surface area contributed by atoms with E-state index in [0.29, 0.717) is 5.92 Å². The molecule has 0 N–H and O–H groups in total. The largest absolute Gasteiger partial charge is 0.454 e. The number of hydrogen-bond acceptors (Lipinski definition) is 3. The van der Waals surface area contributed by atoms with Crippen molar-refractivity contribution >= 4 is 92.1 Å². The van der Waals surface area contributed by atoms with E-state index in [0.717, 1.165) is 39.0 Å². The molecule has 10 rings (SSSR count). The number of benzene rings is 7. The second-order valence-corrected chi connectivity index (χ2v) is 14.2. The molecule has 3 heteroatoms. The fourth-order valence-corrected chi connectivity index (χ4v) is 9.18. The first-order valence-electron chi connectivity index (χ1n) is 16.9. The summed E-state index contributed by atoms with van der Waals surface area (Å²) >= 11 is 1.86. The molecule has 9 aromatic rings. The number of thiophene rings is 1. The highest BCUT2D eigenvalue weighted by Crippen LogP contribution is 2.45. The van der Waals surface area contributed by atoms with Crippen LogP contribution in [0.5, 0.6) is 0 Å². The number of nitrogens with zero attached hydrogens (tertiary/aromatic N) is 1. The monoisotopic (exact) mass is 623 g/mol. The minimum Gasteiger partial charge on any atom is -0.454 e. The molecule has 7 aromatic carbocycles. The number of para-hydroxylation sites is 2. The zero-order valence-corrected chi connectivity index (χ0v) is 26.9. The van der Waals surface area contributed by atoms with Gasteiger partial charge in [0.05, 0.1) is 5.69 Å². The Morgan fingerprint density at radius 1 is 0.511 bits per heavy atom. The topological polar surface area (TPSA) is 16.4 Å². The van der Waals surface area contributed by atoms with Gasteiger partial charge in [0, 0.05) is 42.3 Å². The molecule has 1 fully saturated rings. The van der Waals surface area contributed by atoms with Gasteiger partial charge in [-0.25, -0.2) is 0 Å². The van der Waals surface area contributed by atoms with Gasteiger partial charge in [-0.05, 0) is 94.4 Å². The van der Waals surface area contributed by atoms with Crippen LogP contribution in [0.15, 0.2) is 138 Å². The van der Waals surface area contributed by atoms with E-state index in [9.17, 15) is 0 Å². The van der Waals surface area contributed by atoms with Crippen molar-refractivity contribution in [2.45, 2.75) is 38.0 Å². The summed E-state index contributed by atoms with van der Waals surface area (Å²) in [5.74, 6) is 0.707. The Balaban J connectivity index is 1.17. The lowest BCUT2D eigenvalue weighted by molar-refractivity contribution is 0.444. The Bertz CT molecular complexity index is 2640. The molecule has 0 atom stereocenters. The van der Waals surface area contributed by atoms with Crippen LogP contribution in [0.2, 0.25) is 0 Å². The molecule has 2 nitrogen and oxygen atoms in total. The van der Waals surface area contributed by atoms with E-state index in [1.807, 2.05) is 17.4 Å². The van der Waals surface area contributed by atoms with Gasteiger partial charge in [0.1, 0.15) is 5.58 Å². The van der Waals surface area contributed by atoms with Gasteiger partial charge in [-0.3, -0.25) is 0 Å². The van der Waals surface area contributed by atoms with Crippen molar-refractivity contribution < 1.29 is 4.42 Å². The molecule has 226 valence electrons. The van der Waals surface area contributed by atoms with Crippen molar-refractivity contribution in [1.82, 2.24) is 0 Å². The number of anilines is 3. The summed E-state index contributed by atoms with van der Waals surface area (Å²) in [5.41, 5.74) is 6.59. The predicted octanol–water partition coefficient (Wildman–Crippen LogP) is 13.8. The zero-order chi connectivity index (χ0) is 30.9. The van der Waals surface area contributed by atoms with Gasteiger partial charge in [0.25, 0.3) is 0 Å². The highest BCUT2D eigenvalue weighted by atomic mass is 32.1. The van der Waals surface area contributed by atoms with E-state index in [-0.39, 0.29) is 0 Å². The predicted molar refractivity (Wildman–Crippen MR) is 202 cm³/mol. The molecule has 1 aliphatic carbocycles. The molecule has 0 saturated heterocycles. The summed E-state index contributed by atoms with van der Waals surface area (Å²) in [7, 11) is 0. The fraction of sp³-hybridized carbons (Fsp3) is 0.136. The van der Waals surface area contributed by atoms with Gasteiger partial charge >= 0.3 is 0 Å². The average Bonchev–Trinajstić information content (AvgIpc) is 3.70. The quantitative estimate of drug-likeness (QED) is 0.181. The van der Waals surface area contributed by atoms with Crippen LogP contribution in [0, 0.1) is 0 Å². The molecule has 1 aliphatic rings. The lowest BCUT2D eigenvalue weighted by Gasteiger charge is -2.26. The molecule has 2 aromatic heterocycles. The highest BCUT2D eigenvalue weighted by molar-refractivity contribution is 7.25. The molecule has 0 radical (unpaired) electrons. The van der Waals surface area contributed by atoms with Crippen LogP contribution in [0.25, 0.3) is 63.7 Å². The summed E-state index contributed by atoms with van der Waals surface area (Å²) in [6.07, 6.45) is 6.75. The van der Waals surface area contributed by atoms with Crippen LogP contribution in [-0.2, 0) is 0 Å². The summed E-state index contributed by atoms with van der Waals surface area (Å²) in [6.45, 7) is 0. The molecule has 0 spiro atoms. The molecule has 0 amide bonds. The van der Waals surface area contributed by atoms with Crippen LogP contribution < -0.4 is 4.90 Å². The van der Waals surface area contributed by atoms with Crippen molar-refractivity contribution in [1.29, 1.82) is 0 Å². The molecular weight excluding hydrogens is 591 g/mol. The third-order valence-corrected chi connectivity index (χ3v) is 11.6. The van der Waals surface area contributed by atoms with E-state index in [4.69, 9.17) is 4.42 Å². The van der Waals surface area contributed by atoms with Crippen LogP contribution in [0.4, 0.5) is 17.1 Å². The SMILES string of the molecule is c1ccc2c(c1)oc1c(N(c3ccc4c(ccc5cc(C6CCCCC6)ccc54)c3)c3ccc4sc5ccccc5c4c3)cccc12. The summed E-state index contributed by atoms with van der Waals surface area (Å²) in [4.78, 5) is 2.38. The minimum absolute atomic E-state index is 0.707. The van der Waals surface area contributed by atoms with Gasteiger partial charge in [0.15, 0.2) is 5.58 Å². The first kappa shape index (κ1) is 27.0. The Hall–Kier alpha value is -5.12. The molecule has 0 bridgehead atoms. The van der Waals surface area contributed by atoms with Gasteiger partial charge in [-0.1, -0.05) is 104 Å². The standard InChI is InChI=1S/C44H33NOS/c1-2-9-28(10-3-1)29-19-22-34-30(25-29)17-18-31-26-32(20-23-35(31)34)45(33-21-24-43-39(27-33)37-12-5-7-16-42(37)47-43)40-14-8-13-38-36-11-4-6-15-41(36)46-44(38)40/h4-8,11-28H,1-3,9-10H2. The van der Waals surface area contributed by atoms with Gasteiger partial charge in [0.2, 0.25) is 0 Å². The van der Waals surface area contributed by atoms with Gasteiger partial charge in [-0.15, -0.1) is 11.3 Å². The average molecular weight is 624 g/mol. The molecular formula is C44H33NOS. The van der Waals surface area contributed by atoms with E-state index in [2.05, 4.69) is 132 Å². The lowest BCUT2D eigenvalue weighted by Crippen LogP contribution is -2.10. The van der Waals surface area contributed by atoms with Crippen LogP contribution in [-0.4, -0.2) is 0 Å². The van der Waals surface area contributed by atoms with E-state index < -0.39 is 0 Å². The summed E-state index contributed by atoms with van der Waals surface area (Å²) < 4.78 is 9.23. The van der Waals surface area contributed by atoms with Gasteiger partial charge < -0.3 is 9.32 Å². The van der Waals surface area contributed by atoms with Crippen molar-refractivity contribution in [3.63, 3.8) is 0 Å². The van der Waals surface area contributed by atoms with Gasteiger partial charge in [-0.2, -0.15) is 0 Å². The van der Waals surface area contributed by atoms with Crippen LogP contribution in [0.3, 0.4) is 0 Å². The van der Waals surface area contributed by atoms with E-state index in [1.165, 1.54) is 79.4 Å². The third-order valence-electron chi connectivity index (χ3n) is 10.4. The first-order chi connectivity index (χ1) is 23.3.